The van der Waals surface area contributed by atoms with Gasteiger partial charge in [0.15, 0.2) is 0 Å². The molecule has 0 spiro atoms. The van der Waals surface area contributed by atoms with Gasteiger partial charge in [0, 0.05) is 24.0 Å². The Hall–Kier alpha value is -1.22. The van der Waals surface area contributed by atoms with Crippen molar-refractivity contribution in [3.8, 4) is 10.4 Å². The van der Waals surface area contributed by atoms with Gasteiger partial charge >= 0.3 is 0 Å². The Morgan fingerprint density at radius 1 is 1.38 bits per heavy atom. The van der Waals surface area contributed by atoms with Crippen molar-refractivity contribution in [2.45, 2.75) is 43.9 Å². The van der Waals surface area contributed by atoms with Gasteiger partial charge in [-0.1, -0.05) is 18.5 Å². The first-order valence-electron chi connectivity index (χ1n) is 8.13. The van der Waals surface area contributed by atoms with E-state index < -0.39 is 10.0 Å². The molecular formula is C16H23N3O3S2. The predicted molar refractivity (Wildman–Crippen MR) is 94.4 cm³/mol. The Labute approximate surface area is 146 Å². The van der Waals surface area contributed by atoms with E-state index in [0.29, 0.717) is 23.1 Å². The summed E-state index contributed by atoms with van der Waals surface area (Å²) in [5, 5.41) is 3.94. The highest BCUT2D eigenvalue weighted by molar-refractivity contribution is 7.91. The normalized spacial score (nSPS) is 22.3. The quantitative estimate of drug-likeness (QED) is 0.875. The third-order valence-electron chi connectivity index (χ3n) is 4.57. The average molecular weight is 370 g/mol. The van der Waals surface area contributed by atoms with Crippen LogP contribution in [-0.4, -0.2) is 37.0 Å². The summed E-state index contributed by atoms with van der Waals surface area (Å²) in [6, 6.07) is 3.41. The van der Waals surface area contributed by atoms with Gasteiger partial charge in [-0.3, -0.25) is 0 Å². The molecule has 1 saturated heterocycles. The maximum Gasteiger partial charge on any atom is 0.252 e. The first-order chi connectivity index (χ1) is 11.3. The summed E-state index contributed by atoms with van der Waals surface area (Å²) in [6.07, 6.45) is 1.98. The molecule has 8 heteroatoms. The van der Waals surface area contributed by atoms with Gasteiger partial charge in [0.1, 0.15) is 9.97 Å². The van der Waals surface area contributed by atoms with E-state index in [1.807, 2.05) is 19.9 Å². The van der Waals surface area contributed by atoms with Crippen LogP contribution in [0.15, 0.2) is 20.9 Å². The molecule has 0 unspecified atom stereocenters. The molecule has 24 heavy (non-hydrogen) atoms. The molecule has 2 N–H and O–H groups in total. The topological polar surface area (TPSA) is 89.4 Å². The Kier molecular flexibility index (Phi) is 4.83. The molecule has 0 saturated carbocycles. The van der Waals surface area contributed by atoms with E-state index in [1.165, 1.54) is 15.6 Å². The molecule has 3 rings (SSSR count). The molecule has 2 atom stereocenters. The molecule has 0 aromatic carbocycles. The monoisotopic (exact) mass is 369 g/mol. The van der Waals surface area contributed by atoms with Gasteiger partial charge in [0.2, 0.25) is 0 Å². The lowest BCUT2D eigenvalue weighted by atomic mass is 9.99. The fourth-order valence-corrected chi connectivity index (χ4v) is 6.42. The number of aryl methyl sites for hydroxylation is 2. The number of hydrogen-bond acceptors (Lipinski definition) is 6. The van der Waals surface area contributed by atoms with Gasteiger partial charge in [-0.25, -0.2) is 8.42 Å². The lowest BCUT2D eigenvalue weighted by Crippen LogP contribution is -2.32. The summed E-state index contributed by atoms with van der Waals surface area (Å²) < 4.78 is 32.9. The third-order valence-corrected chi connectivity index (χ3v) is 7.97. The number of nitrogens with zero attached hydrogens (tertiary/aromatic N) is 2. The molecular weight excluding hydrogens is 346 g/mol. The number of nitrogens with two attached hydrogens (primary N) is 1. The van der Waals surface area contributed by atoms with Crippen molar-refractivity contribution in [2.24, 2.45) is 11.7 Å². The standard InChI is InChI=1S/C16H23N3O3S2/c1-4-5-12-8-19(9-13(12)17)24(20,21)15-7-6-14(23-15)16-10(2)18-22-11(16)3/h6-7,12-13H,4-5,8-9,17H2,1-3H3/t12-,13-/m1/s1. The summed E-state index contributed by atoms with van der Waals surface area (Å²) in [6.45, 7) is 6.69. The highest BCUT2D eigenvalue weighted by Gasteiger charge is 2.37. The van der Waals surface area contributed by atoms with Gasteiger partial charge < -0.3 is 10.3 Å². The molecule has 3 heterocycles. The molecule has 0 radical (unpaired) electrons. The summed E-state index contributed by atoms with van der Waals surface area (Å²) >= 11 is 1.26. The fraction of sp³-hybridized carbons (Fsp3) is 0.562. The van der Waals surface area contributed by atoms with E-state index in [4.69, 9.17) is 10.3 Å². The van der Waals surface area contributed by atoms with Gasteiger partial charge in [-0.05, 0) is 38.3 Å². The van der Waals surface area contributed by atoms with Crippen molar-refractivity contribution in [3.63, 3.8) is 0 Å². The second kappa shape index (κ2) is 6.59. The molecule has 1 aliphatic heterocycles. The number of rotatable bonds is 5. The van der Waals surface area contributed by atoms with Gasteiger partial charge in [-0.2, -0.15) is 4.31 Å². The van der Waals surface area contributed by atoms with Crippen LogP contribution in [0.3, 0.4) is 0 Å². The van der Waals surface area contributed by atoms with Crippen molar-refractivity contribution in [1.82, 2.24) is 9.46 Å². The minimum absolute atomic E-state index is 0.0817. The first kappa shape index (κ1) is 17.6. The van der Waals surface area contributed by atoms with E-state index in [0.717, 1.165) is 29.0 Å². The Morgan fingerprint density at radius 2 is 2.12 bits per heavy atom. The van der Waals surface area contributed by atoms with Crippen LogP contribution in [0.25, 0.3) is 10.4 Å². The fourth-order valence-electron chi connectivity index (χ4n) is 3.28. The van der Waals surface area contributed by atoms with Crippen molar-refractivity contribution in [3.05, 3.63) is 23.6 Å². The van der Waals surface area contributed by atoms with Gasteiger partial charge in [-0.15, -0.1) is 11.3 Å². The lowest BCUT2D eigenvalue weighted by Gasteiger charge is -2.14. The molecule has 0 aliphatic carbocycles. The summed E-state index contributed by atoms with van der Waals surface area (Å²) in [5.41, 5.74) is 7.78. The van der Waals surface area contributed by atoms with Crippen LogP contribution in [-0.2, 0) is 10.0 Å². The summed E-state index contributed by atoms with van der Waals surface area (Å²) in [7, 11) is -3.50. The maximum absolute atomic E-state index is 12.9. The van der Waals surface area contributed by atoms with Gasteiger partial charge in [0.05, 0.1) is 11.3 Å². The Bertz CT molecular complexity index is 806. The zero-order chi connectivity index (χ0) is 17.5. The molecule has 0 amide bonds. The lowest BCUT2D eigenvalue weighted by molar-refractivity contribution is 0.393. The average Bonchev–Trinajstić information content (AvgIpc) is 3.21. The van der Waals surface area contributed by atoms with Crippen molar-refractivity contribution in [1.29, 1.82) is 0 Å². The van der Waals surface area contributed by atoms with Crippen LogP contribution in [0.1, 0.15) is 31.2 Å². The third kappa shape index (κ3) is 3.03. The molecule has 1 fully saturated rings. The van der Waals surface area contributed by atoms with Crippen LogP contribution >= 0.6 is 11.3 Å². The second-order valence-corrected chi connectivity index (χ2v) is 9.60. The van der Waals surface area contributed by atoms with Crippen LogP contribution in [0.5, 0.6) is 0 Å². The number of aromatic nitrogens is 1. The van der Waals surface area contributed by atoms with Crippen molar-refractivity contribution in [2.75, 3.05) is 13.1 Å². The second-order valence-electron chi connectivity index (χ2n) is 6.35. The number of sulfonamides is 1. The predicted octanol–water partition coefficient (Wildman–Crippen LogP) is 2.77. The van der Waals surface area contributed by atoms with Crippen molar-refractivity contribution < 1.29 is 12.9 Å². The van der Waals surface area contributed by atoms with E-state index in [1.54, 1.807) is 6.07 Å². The SMILES string of the molecule is CCC[C@@H]1CN(S(=O)(=O)c2ccc(-c3c(C)noc3C)s2)C[C@H]1N. The maximum atomic E-state index is 12.9. The molecule has 2 aromatic rings. The van der Waals surface area contributed by atoms with Gasteiger partial charge in [0.25, 0.3) is 10.0 Å². The van der Waals surface area contributed by atoms with E-state index in [2.05, 4.69) is 12.1 Å². The molecule has 2 aromatic heterocycles. The summed E-state index contributed by atoms with van der Waals surface area (Å²) in [4.78, 5) is 0.860. The van der Waals surface area contributed by atoms with E-state index >= 15 is 0 Å². The number of hydrogen-bond donors (Lipinski definition) is 1. The minimum atomic E-state index is -3.50. The number of thiophene rings is 1. The van der Waals surface area contributed by atoms with Crippen LogP contribution in [0, 0.1) is 19.8 Å². The zero-order valence-electron chi connectivity index (χ0n) is 14.2. The molecule has 6 nitrogen and oxygen atoms in total. The zero-order valence-corrected chi connectivity index (χ0v) is 15.8. The molecule has 1 aliphatic rings. The molecule has 132 valence electrons. The minimum Gasteiger partial charge on any atom is -0.361 e. The van der Waals surface area contributed by atoms with E-state index in [-0.39, 0.29) is 12.0 Å². The highest BCUT2D eigenvalue weighted by atomic mass is 32.2. The highest BCUT2D eigenvalue weighted by Crippen LogP contribution is 2.37. The Morgan fingerprint density at radius 3 is 2.75 bits per heavy atom. The van der Waals surface area contributed by atoms with Crippen molar-refractivity contribution >= 4 is 21.4 Å². The Balaban J connectivity index is 1.87. The van der Waals surface area contributed by atoms with Crippen LogP contribution in [0.4, 0.5) is 0 Å². The largest absolute Gasteiger partial charge is 0.361 e. The van der Waals surface area contributed by atoms with Crippen LogP contribution in [0.2, 0.25) is 0 Å². The van der Waals surface area contributed by atoms with E-state index in [9.17, 15) is 8.42 Å². The van der Waals surface area contributed by atoms with Crippen LogP contribution < -0.4 is 5.73 Å². The smallest absolute Gasteiger partial charge is 0.252 e. The summed E-state index contributed by atoms with van der Waals surface area (Å²) in [5.74, 6) is 0.941. The first-order valence-corrected chi connectivity index (χ1v) is 10.4. The molecule has 0 bridgehead atoms.